The molecule has 0 spiro atoms. The number of carbonyl (C=O) groups is 1. The number of aromatic nitrogens is 1. The van der Waals surface area contributed by atoms with Gasteiger partial charge in [0.05, 0.1) is 11.0 Å². The molecule has 1 aliphatic rings. The number of non-ortho nitro benzene ring substituents is 1. The Labute approximate surface area is 238 Å². The largest absolute Gasteiger partial charge is 0.456 e. The smallest absolute Gasteiger partial charge is 0.358 e. The molecule has 1 saturated heterocycles. The van der Waals surface area contributed by atoms with Gasteiger partial charge in [0.1, 0.15) is 6.61 Å². The van der Waals surface area contributed by atoms with E-state index in [1.54, 1.807) is 17.5 Å². The van der Waals surface area contributed by atoms with E-state index in [1.807, 2.05) is 12.1 Å². The summed E-state index contributed by atoms with van der Waals surface area (Å²) in [5, 5.41) is 15.7. The van der Waals surface area contributed by atoms with Crippen molar-refractivity contribution in [2.75, 3.05) is 18.0 Å². The van der Waals surface area contributed by atoms with Crippen LogP contribution in [0.15, 0.2) is 90.3 Å². The van der Waals surface area contributed by atoms with E-state index in [2.05, 4.69) is 79.2 Å². The summed E-state index contributed by atoms with van der Waals surface area (Å²) in [6.45, 7) is 8.20. The fourth-order valence-corrected chi connectivity index (χ4v) is 10.5. The van der Waals surface area contributed by atoms with Crippen LogP contribution in [0.1, 0.15) is 36.8 Å². The summed E-state index contributed by atoms with van der Waals surface area (Å²) in [6, 6.07) is 27.1. The maximum atomic E-state index is 12.6. The van der Waals surface area contributed by atoms with Crippen molar-refractivity contribution in [2.45, 2.75) is 38.5 Å². The lowest BCUT2D eigenvalue weighted by molar-refractivity contribution is -0.384. The minimum absolute atomic E-state index is 0.00834. The van der Waals surface area contributed by atoms with Gasteiger partial charge in [-0.2, -0.15) is 0 Å². The van der Waals surface area contributed by atoms with E-state index in [9.17, 15) is 14.9 Å². The molecule has 0 aliphatic carbocycles. The predicted molar refractivity (Wildman–Crippen MR) is 159 cm³/mol. The van der Waals surface area contributed by atoms with E-state index in [-0.39, 0.29) is 29.1 Å². The van der Waals surface area contributed by atoms with Crippen molar-refractivity contribution < 1.29 is 18.9 Å². The first-order chi connectivity index (χ1) is 19.2. The molecule has 1 fully saturated rings. The molecule has 5 rings (SSSR count). The van der Waals surface area contributed by atoms with Crippen LogP contribution >= 0.6 is 11.3 Å². The second-order valence-corrected chi connectivity index (χ2v) is 15.9. The van der Waals surface area contributed by atoms with Crippen molar-refractivity contribution in [1.29, 1.82) is 0 Å². The molecule has 8 nitrogen and oxygen atoms in total. The minimum atomic E-state index is -2.63. The lowest BCUT2D eigenvalue weighted by Crippen LogP contribution is -2.70. The molecule has 0 N–H and O–H groups in total. The van der Waals surface area contributed by atoms with E-state index in [1.165, 1.54) is 33.8 Å². The van der Waals surface area contributed by atoms with Crippen LogP contribution in [-0.2, 0) is 15.8 Å². The molecule has 1 aromatic heterocycles. The number of hydrogen-bond donors (Lipinski definition) is 0. The number of anilines is 1. The van der Waals surface area contributed by atoms with Crippen LogP contribution in [0, 0.1) is 10.1 Å². The van der Waals surface area contributed by atoms with Crippen LogP contribution in [0.3, 0.4) is 0 Å². The van der Waals surface area contributed by atoms with Crippen molar-refractivity contribution in [2.24, 2.45) is 0 Å². The molecular formula is C30H31N3O5SSi. The summed E-state index contributed by atoms with van der Waals surface area (Å²) in [7, 11) is -2.63. The third-order valence-electron chi connectivity index (χ3n) is 7.10. The summed E-state index contributed by atoms with van der Waals surface area (Å²) in [6.07, 6.45) is 0.0349. The Morgan fingerprint density at radius 1 is 1.00 bits per heavy atom. The monoisotopic (exact) mass is 573 g/mol. The van der Waals surface area contributed by atoms with Crippen molar-refractivity contribution >= 4 is 46.8 Å². The summed E-state index contributed by atoms with van der Waals surface area (Å²) in [5.41, 5.74) is 0.907. The number of esters is 1. The summed E-state index contributed by atoms with van der Waals surface area (Å²) >= 11 is 1.40. The fraction of sp³-hybridized carbons (Fsp3) is 0.267. The predicted octanol–water partition coefficient (Wildman–Crippen LogP) is 5.17. The maximum absolute atomic E-state index is 12.6. The molecule has 206 valence electrons. The number of nitro benzene ring substituents is 1. The molecule has 0 unspecified atom stereocenters. The molecule has 0 atom stereocenters. The topological polar surface area (TPSA) is 94.8 Å². The molecule has 0 radical (unpaired) electrons. The first kappa shape index (κ1) is 27.7. The third-order valence-corrected chi connectivity index (χ3v) is 13.1. The van der Waals surface area contributed by atoms with Gasteiger partial charge < -0.3 is 14.1 Å². The molecule has 0 amide bonds. The number of nitro groups is 1. The van der Waals surface area contributed by atoms with Gasteiger partial charge in [0.2, 0.25) is 0 Å². The van der Waals surface area contributed by atoms with Crippen molar-refractivity contribution in [3.05, 3.63) is 112 Å². The van der Waals surface area contributed by atoms with E-state index in [0.29, 0.717) is 18.7 Å². The number of hydrogen-bond acceptors (Lipinski definition) is 8. The highest BCUT2D eigenvalue weighted by atomic mass is 32.1. The van der Waals surface area contributed by atoms with E-state index in [4.69, 9.17) is 9.16 Å². The zero-order chi connectivity index (χ0) is 28.3. The molecule has 10 heteroatoms. The summed E-state index contributed by atoms with van der Waals surface area (Å²) in [5.74, 6) is -0.526. The molecule has 2 heterocycles. The fourth-order valence-electron chi connectivity index (χ4n) is 5.05. The molecule has 40 heavy (non-hydrogen) atoms. The number of rotatable bonds is 9. The van der Waals surface area contributed by atoms with Gasteiger partial charge in [0.15, 0.2) is 10.8 Å². The van der Waals surface area contributed by atoms with Crippen LogP contribution in [0.4, 0.5) is 10.8 Å². The van der Waals surface area contributed by atoms with Crippen LogP contribution in [0.2, 0.25) is 5.04 Å². The number of carbonyl (C=O) groups excluding carboxylic acids is 1. The molecule has 1 aliphatic heterocycles. The van der Waals surface area contributed by atoms with E-state index < -0.39 is 19.2 Å². The van der Waals surface area contributed by atoms with Crippen molar-refractivity contribution in [1.82, 2.24) is 4.98 Å². The van der Waals surface area contributed by atoms with Gasteiger partial charge in [-0.15, -0.1) is 11.3 Å². The standard InChI is InChI=1S/C30H31N3O5SSi/c1-30(2,3)40(25-10-6-4-7-11-25,26-12-8-5-9-13-26)38-24-18-32(19-24)29-31-27(21-39-29)28(34)37-20-22-14-16-23(17-15-22)33(35)36/h4-17,21,24H,18-20H2,1-3H3. The van der Waals surface area contributed by atoms with Crippen LogP contribution in [-0.4, -0.2) is 43.4 Å². The Morgan fingerprint density at radius 2 is 1.57 bits per heavy atom. The van der Waals surface area contributed by atoms with Gasteiger partial charge in [-0.25, -0.2) is 9.78 Å². The molecule has 0 saturated carbocycles. The Kier molecular flexibility index (Phi) is 7.84. The van der Waals surface area contributed by atoms with Gasteiger partial charge >= 0.3 is 5.97 Å². The van der Waals surface area contributed by atoms with Gasteiger partial charge in [-0.05, 0) is 33.1 Å². The number of ether oxygens (including phenoxy) is 1. The number of benzene rings is 3. The van der Waals surface area contributed by atoms with Crippen molar-refractivity contribution in [3.8, 4) is 0 Å². The number of thiazole rings is 1. The number of nitrogens with zero attached hydrogens (tertiary/aromatic N) is 3. The van der Waals surface area contributed by atoms with Crippen LogP contribution in [0.5, 0.6) is 0 Å². The Hall–Kier alpha value is -3.86. The van der Waals surface area contributed by atoms with Gasteiger partial charge in [0.25, 0.3) is 14.0 Å². The highest BCUT2D eigenvalue weighted by Gasteiger charge is 2.52. The Morgan fingerprint density at radius 3 is 2.10 bits per heavy atom. The summed E-state index contributed by atoms with van der Waals surface area (Å²) in [4.78, 5) is 29.6. The van der Waals surface area contributed by atoms with Gasteiger partial charge in [-0.3, -0.25) is 10.1 Å². The zero-order valence-electron chi connectivity index (χ0n) is 22.7. The zero-order valence-corrected chi connectivity index (χ0v) is 24.5. The molecule has 3 aromatic carbocycles. The highest BCUT2D eigenvalue weighted by Crippen LogP contribution is 2.39. The van der Waals surface area contributed by atoms with E-state index >= 15 is 0 Å². The Bertz CT molecular complexity index is 1430. The van der Waals surface area contributed by atoms with Gasteiger partial charge in [-0.1, -0.05) is 81.4 Å². The van der Waals surface area contributed by atoms with Crippen LogP contribution < -0.4 is 15.3 Å². The SMILES string of the molecule is CC(C)(C)[Si](OC1CN(c2nc(C(=O)OCc3ccc([N+](=O)[O-])cc3)cs2)C1)(c1ccccc1)c1ccccc1. The maximum Gasteiger partial charge on any atom is 0.358 e. The lowest BCUT2D eigenvalue weighted by Gasteiger charge is -2.49. The van der Waals surface area contributed by atoms with E-state index in [0.717, 1.165) is 5.13 Å². The quantitative estimate of drug-likeness (QED) is 0.118. The lowest BCUT2D eigenvalue weighted by atomic mass is 10.2. The van der Waals surface area contributed by atoms with Crippen LogP contribution in [0.25, 0.3) is 0 Å². The summed E-state index contributed by atoms with van der Waals surface area (Å²) < 4.78 is 12.5. The molecular weight excluding hydrogens is 542 g/mol. The third kappa shape index (κ3) is 5.56. The second-order valence-electron chi connectivity index (χ2n) is 10.8. The average Bonchev–Trinajstić information content (AvgIpc) is 3.41. The molecule has 0 bridgehead atoms. The first-order valence-electron chi connectivity index (χ1n) is 13.1. The molecule has 4 aromatic rings. The van der Waals surface area contributed by atoms with Crippen molar-refractivity contribution in [3.63, 3.8) is 0 Å². The Balaban J connectivity index is 1.25. The normalized spacial score (nSPS) is 14.0. The second kappa shape index (κ2) is 11.3. The average molecular weight is 574 g/mol. The first-order valence-corrected chi connectivity index (χ1v) is 15.9. The minimum Gasteiger partial charge on any atom is -0.456 e. The van der Waals surface area contributed by atoms with Gasteiger partial charge in [0, 0.05) is 30.6 Å². The highest BCUT2D eigenvalue weighted by molar-refractivity contribution is 7.14.